The van der Waals surface area contributed by atoms with E-state index in [4.69, 9.17) is 4.74 Å². The topological polar surface area (TPSA) is 41.6 Å². The van der Waals surface area contributed by atoms with Crippen molar-refractivity contribution in [3.63, 3.8) is 0 Å². The molecule has 2 fully saturated rings. The smallest absolute Gasteiger partial charge is 0.263 e. The van der Waals surface area contributed by atoms with Crippen molar-refractivity contribution in [3.8, 4) is 5.75 Å². The van der Waals surface area contributed by atoms with Crippen LogP contribution in [0.3, 0.4) is 0 Å². The SMILES string of the molecule is CC(Oc1cccc(F)c1)C(=O)N1C2CCNCC1CC2.Cl. The van der Waals surface area contributed by atoms with Crippen LogP contribution in [0.4, 0.5) is 4.39 Å². The highest BCUT2D eigenvalue weighted by atomic mass is 35.5. The molecule has 0 aliphatic carbocycles. The number of hydrogen-bond donors (Lipinski definition) is 1. The third-order valence-corrected chi connectivity index (χ3v) is 4.37. The summed E-state index contributed by atoms with van der Waals surface area (Å²) in [6, 6.07) is 6.51. The minimum absolute atomic E-state index is 0. The molecule has 6 heteroatoms. The van der Waals surface area contributed by atoms with Crippen LogP contribution in [0.15, 0.2) is 24.3 Å². The van der Waals surface area contributed by atoms with Gasteiger partial charge < -0.3 is 15.0 Å². The van der Waals surface area contributed by atoms with Crippen LogP contribution in [-0.2, 0) is 4.79 Å². The third kappa shape index (κ3) is 3.52. The Morgan fingerprint density at radius 3 is 2.91 bits per heavy atom. The molecule has 2 heterocycles. The average molecular weight is 329 g/mol. The molecule has 0 aromatic heterocycles. The van der Waals surface area contributed by atoms with Gasteiger partial charge >= 0.3 is 0 Å². The van der Waals surface area contributed by atoms with Gasteiger partial charge in [0.05, 0.1) is 0 Å². The number of fused-ring (bicyclic) bond motifs is 2. The van der Waals surface area contributed by atoms with Gasteiger partial charge in [-0.25, -0.2) is 4.39 Å². The molecule has 1 N–H and O–H groups in total. The van der Waals surface area contributed by atoms with E-state index in [1.165, 1.54) is 12.1 Å². The highest BCUT2D eigenvalue weighted by Crippen LogP contribution is 2.29. The van der Waals surface area contributed by atoms with Crippen LogP contribution < -0.4 is 10.1 Å². The lowest BCUT2D eigenvalue weighted by Crippen LogP contribution is -2.48. The van der Waals surface area contributed by atoms with Gasteiger partial charge in [0.25, 0.3) is 5.91 Å². The second kappa shape index (κ2) is 7.29. The lowest BCUT2D eigenvalue weighted by molar-refractivity contribution is -0.140. The number of carbonyl (C=O) groups is 1. The number of halogens is 2. The Morgan fingerprint density at radius 1 is 1.36 bits per heavy atom. The molecule has 1 aromatic carbocycles. The molecular formula is C16H22ClFN2O2. The number of amides is 1. The third-order valence-electron chi connectivity index (χ3n) is 4.37. The largest absolute Gasteiger partial charge is 0.481 e. The highest BCUT2D eigenvalue weighted by Gasteiger charge is 2.40. The summed E-state index contributed by atoms with van der Waals surface area (Å²) in [6.45, 7) is 3.56. The first kappa shape index (κ1) is 17.0. The van der Waals surface area contributed by atoms with Gasteiger partial charge in [-0.3, -0.25) is 4.79 Å². The highest BCUT2D eigenvalue weighted by molar-refractivity contribution is 5.85. The first-order valence-electron chi connectivity index (χ1n) is 7.60. The fourth-order valence-corrected chi connectivity index (χ4v) is 3.35. The number of carbonyl (C=O) groups excluding carboxylic acids is 1. The summed E-state index contributed by atoms with van der Waals surface area (Å²) in [5.41, 5.74) is 0. The Labute approximate surface area is 136 Å². The Balaban J connectivity index is 0.00000176. The van der Waals surface area contributed by atoms with Gasteiger partial charge in [-0.2, -0.15) is 0 Å². The monoisotopic (exact) mass is 328 g/mol. The molecule has 0 saturated carbocycles. The molecule has 2 saturated heterocycles. The summed E-state index contributed by atoms with van der Waals surface area (Å²) in [7, 11) is 0. The molecule has 3 unspecified atom stereocenters. The Morgan fingerprint density at radius 2 is 2.14 bits per heavy atom. The maximum absolute atomic E-state index is 13.2. The second-order valence-corrected chi connectivity index (χ2v) is 5.84. The number of ether oxygens (including phenoxy) is 1. The number of nitrogens with one attached hydrogen (secondary N) is 1. The van der Waals surface area contributed by atoms with Crippen LogP contribution in [0.2, 0.25) is 0 Å². The summed E-state index contributed by atoms with van der Waals surface area (Å²) < 4.78 is 18.8. The maximum atomic E-state index is 13.2. The minimum atomic E-state index is -0.590. The summed E-state index contributed by atoms with van der Waals surface area (Å²) in [5, 5.41) is 3.38. The summed E-state index contributed by atoms with van der Waals surface area (Å²) in [5.74, 6) is 0.0535. The maximum Gasteiger partial charge on any atom is 0.263 e. The molecule has 122 valence electrons. The number of hydrogen-bond acceptors (Lipinski definition) is 3. The van der Waals surface area contributed by atoms with Crippen LogP contribution >= 0.6 is 12.4 Å². The van der Waals surface area contributed by atoms with E-state index in [2.05, 4.69) is 5.32 Å². The Kier molecular flexibility index (Phi) is 5.64. The van der Waals surface area contributed by atoms with E-state index in [1.807, 2.05) is 4.90 Å². The van der Waals surface area contributed by atoms with E-state index in [1.54, 1.807) is 19.1 Å². The minimum Gasteiger partial charge on any atom is -0.481 e. The molecule has 1 aromatic rings. The number of rotatable bonds is 3. The van der Waals surface area contributed by atoms with Gasteiger partial charge in [0.1, 0.15) is 11.6 Å². The normalized spacial score (nSPS) is 25.1. The van der Waals surface area contributed by atoms with Crippen LogP contribution in [0, 0.1) is 5.82 Å². The molecule has 2 bridgehead atoms. The molecule has 22 heavy (non-hydrogen) atoms. The number of benzene rings is 1. The van der Waals surface area contributed by atoms with E-state index in [0.29, 0.717) is 11.8 Å². The average Bonchev–Trinajstić information content (AvgIpc) is 2.71. The van der Waals surface area contributed by atoms with Crippen molar-refractivity contribution in [3.05, 3.63) is 30.1 Å². The zero-order valence-corrected chi connectivity index (χ0v) is 13.4. The fraction of sp³-hybridized carbons (Fsp3) is 0.562. The van der Waals surface area contributed by atoms with Crippen LogP contribution in [0.5, 0.6) is 5.75 Å². The van der Waals surface area contributed by atoms with Crippen molar-refractivity contribution in [1.82, 2.24) is 10.2 Å². The lowest BCUT2D eigenvalue weighted by atomic mass is 10.1. The van der Waals surface area contributed by atoms with Crippen molar-refractivity contribution >= 4 is 18.3 Å². The van der Waals surface area contributed by atoms with Crippen LogP contribution in [0.25, 0.3) is 0 Å². The van der Waals surface area contributed by atoms with Crippen molar-refractivity contribution in [2.75, 3.05) is 13.1 Å². The van der Waals surface area contributed by atoms with Gasteiger partial charge in [0.2, 0.25) is 0 Å². The lowest BCUT2D eigenvalue weighted by Gasteiger charge is -2.30. The Hall–Kier alpha value is -1.33. The van der Waals surface area contributed by atoms with Crippen molar-refractivity contribution in [1.29, 1.82) is 0 Å². The van der Waals surface area contributed by atoms with Gasteiger partial charge in [-0.15, -0.1) is 12.4 Å². The van der Waals surface area contributed by atoms with Crippen molar-refractivity contribution < 1.29 is 13.9 Å². The van der Waals surface area contributed by atoms with E-state index in [0.717, 1.165) is 32.4 Å². The summed E-state index contributed by atoms with van der Waals surface area (Å²) in [4.78, 5) is 14.7. The quantitative estimate of drug-likeness (QED) is 0.926. The zero-order valence-electron chi connectivity index (χ0n) is 12.6. The van der Waals surface area contributed by atoms with Crippen molar-refractivity contribution in [2.45, 2.75) is 44.4 Å². The molecule has 0 spiro atoms. The standard InChI is InChI=1S/C16H21FN2O2.ClH/c1-11(21-15-4-2-3-12(17)9-15)16(20)19-13-5-6-14(19)10-18-8-7-13;/h2-4,9,11,13-14,18H,5-8,10H2,1H3;1H. The number of nitrogens with zero attached hydrogens (tertiary/aromatic N) is 1. The molecule has 3 rings (SSSR count). The molecule has 1 amide bonds. The molecule has 4 nitrogen and oxygen atoms in total. The second-order valence-electron chi connectivity index (χ2n) is 5.84. The van der Waals surface area contributed by atoms with E-state index in [9.17, 15) is 9.18 Å². The van der Waals surface area contributed by atoms with E-state index < -0.39 is 6.10 Å². The van der Waals surface area contributed by atoms with Gasteiger partial charge in [0.15, 0.2) is 6.10 Å². The molecule has 3 atom stereocenters. The molecule has 0 radical (unpaired) electrons. The fourth-order valence-electron chi connectivity index (χ4n) is 3.35. The first-order chi connectivity index (χ1) is 10.1. The van der Waals surface area contributed by atoms with Crippen LogP contribution in [-0.4, -0.2) is 42.1 Å². The first-order valence-corrected chi connectivity index (χ1v) is 7.60. The predicted octanol–water partition coefficient (Wildman–Crippen LogP) is 2.37. The predicted molar refractivity (Wildman–Crippen MR) is 84.9 cm³/mol. The van der Waals surface area contributed by atoms with Gasteiger partial charge in [0, 0.05) is 24.7 Å². The molecule has 2 aliphatic rings. The van der Waals surface area contributed by atoms with Crippen LogP contribution in [0.1, 0.15) is 26.2 Å². The summed E-state index contributed by atoms with van der Waals surface area (Å²) >= 11 is 0. The molecular weight excluding hydrogens is 307 g/mol. The zero-order chi connectivity index (χ0) is 14.8. The molecule has 2 aliphatic heterocycles. The Bertz CT molecular complexity index is 515. The van der Waals surface area contributed by atoms with Gasteiger partial charge in [-0.1, -0.05) is 6.07 Å². The van der Waals surface area contributed by atoms with E-state index >= 15 is 0 Å². The van der Waals surface area contributed by atoms with Crippen molar-refractivity contribution in [2.24, 2.45) is 0 Å². The van der Waals surface area contributed by atoms with Gasteiger partial charge in [-0.05, 0) is 44.9 Å². The van der Waals surface area contributed by atoms with E-state index in [-0.39, 0.29) is 30.2 Å². The summed E-state index contributed by atoms with van der Waals surface area (Å²) in [6.07, 6.45) is 2.53.